The fraction of sp³-hybridized carbons (Fsp3) is 0.214. The minimum Gasteiger partial charge on any atom is -0.489 e. The van der Waals surface area contributed by atoms with E-state index in [0.29, 0.717) is 30.0 Å². The molecule has 1 aliphatic rings. The number of rotatable bonds is 7. The predicted octanol–water partition coefficient (Wildman–Crippen LogP) is 5.19. The van der Waals surface area contributed by atoms with E-state index in [0.717, 1.165) is 46.2 Å². The fourth-order valence-electron chi connectivity index (χ4n) is 4.33. The van der Waals surface area contributed by atoms with E-state index in [4.69, 9.17) is 13.9 Å². The molecule has 3 aromatic carbocycles. The lowest BCUT2D eigenvalue weighted by Crippen LogP contribution is -2.20. The van der Waals surface area contributed by atoms with Crippen molar-refractivity contribution in [2.24, 2.45) is 0 Å². The number of aryl methyl sites for hydroxylation is 2. The number of carbonyl (C=O) groups is 1. The van der Waals surface area contributed by atoms with Crippen molar-refractivity contribution in [3.8, 4) is 11.5 Å². The van der Waals surface area contributed by atoms with Gasteiger partial charge in [-0.15, -0.1) is 0 Å². The minimum atomic E-state index is -0.276. The highest BCUT2D eigenvalue weighted by atomic mass is 16.5. The molecule has 4 aromatic rings. The van der Waals surface area contributed by atoms with Crippen LogP contribution < -0.4 is 20.4 Å². The van der Waals surface area contributed by atoms with E-state index in [1.807, 2.05) is 61.5 Å². The van der Waals surface area contributed by atoms with E-state index in [9.17, 15) is 9.59 Å². The number of benzene rings is 3. The third-order valence-electron chi connectivity index (χ3n) is 5.92. The van der Waals surface area contributed by atoms with Crippen LogP contribution in [0.25, 0.3) is 11.0 Å². The minimum absolute atomic E-state index is 0.154. The lowest BCUT2D eigenvalue weighted by atomic mass is 10.0. The summed E-state index contributed by atoms with van der Waals surface area (Å²) in [6, 6.07) is 20.9. The topological polar surface area (TPSA) is 77.8 Å². The zero-order valence-electron chi connectivity index (χ0n) is 18.9. The van der Waals surface area contributed by atoms with E-state index < -0.39 is 0 Å². The highest BCUT2D eigenvalue weighted by Crippen LogP contribution is 2.35. The molecule has 0 fully saturated rings. The van der Waals surface area contributed by atoms with Crippen molar-refractivity contribution in [2.75, 3.05) is 11.9 Å². The van der Waals surface area contributed by atoms with Crippen molar-refractivity contribution < 1.29 is 18.7 Å². The Labute approximate surface area is 197 Å². The van der Waals surface area contributed by atoms with Crippen LogP contribution >= 0.6 is 0 Å². The average Bonchev–Trinajstić information content (AvgIpc) is 3.33. The highest BCUT2D eigenvalue weighted by molar-refractivity contribution is 5.93. The van der Waals surface area contributed by atoms with E-state index in [2.05, 4.69) is 5.32 Å². The molecule has 1 amide bonds. The molecule has 0 aliphatic heterocycles. The summed E-state index contributed by atoms with van der Waals surface area (Å²) in [6.07, 6.45) is 2.44. The maximum Gasteiger partial charge on any atom is 0.339 e. The van der Waals surface area contributed by atoms with Crippen LogP contribution in [0.15, 0.2) is 75.9 Å². The van der Waals surface area contributed by atoms with Gasteiger partial charge in [-0.25, -0.2) is 4.79 Å². The predicted molar refractivity (Wildman–Crippen MR) is 131 cm³/mol. The molecule has 0 atom stereocenters. The molecule has 0 spiro atoms. The van der Waals surface area contributed by atoms with Crippen molar-refractivity contribution in [3.63, 3.8) is 0 Å². The molecule has 1 aliphatic carbocycles. The quantitative estimate of drug-likeness (QED) is 0.388. The molecule has 0 saturated carbocycles. The number of fused-ring (bicyclic) bond motifs is 3. The number of hydrogen-bond acceptors (Lipinski definition) is 5. The summed E-state index contributed by atoms with van der Waals surface area (Å²) in [6.45, 7) is 2.23. The second-order valence-corrected chi connectivity index (χ2v) is 8.47. The Balaban J connectivity index is 1.24. The molecule has 34 heavy (non-hydrogen) atoms. The van der Waals surface area contributed by atoms with Crippen molar-refractivity contribution in [2.45, 2.75) is 32.8 Å². The number of nitrogens with one attached hydrogen (secondary N) is 1. The van der Waals surface area contributed by atoms with Crippen LogP contribution in [0.2, 0.25) is 0 Å². The third-order valence-corrected chi connectivity index (χ3v) is 5.92. The van der Waals surface area contributed by atoms with Crippen molar-refractivity contribution in [1.29, 1.82) is 0 Å². The summed E-state index contributed by atoms with van der Waals surface area (Å²) in [7, 11) is 0. The normalized spacial score (nSPS) is 12.4. The average molecular weight is 456 g/mol. The van der Waals surface area contributed by atoms with Crippen LogP contribution in [0, 0.1) is 6.92 Å². The van der Waals surface area contributed by atoms with Gasteiger partial charge in [0.1, 0.15) is 23.7 Å². The molecule has 5 rings (SSSR count). The first kappa shape index (κ1) is 21.8. The number of amides is 1. The van der Waals surface area contributed by atoms with Gasteiger partial charge in [-0.05, 0) is 79.3 Å². The second-order valence-electron chi connectivity index (χ2n) is 8.47. The van der Waals surface area contributed by atoms with E-state index >= 15 is 0 Å². The van der Waals surface area contributed by atoms with Gasteiger partial charge in [0.25, 0.3) is 5.91 Å². The van der Waals surface area contributed by atoms with Crippen LogP contribution in [0.5, 0.6) is 11.5 Å². The largest absolute Gasteiger partial charge is 0.489 e. The van der Waals surface area contributed by atoms with Crippen LogP contribution in [-0.4, -0.2) is 12.5 Å². The third kappa shape index (κ3) is 4.66. The summed E-state index contributed by atoms with van der Waals surface area (Å²) >= 11 is 0. The van der Waals surface area contributed by atoms with Gasteiger partial charge in [-0.2, -0.15) is 0 Å². The zero-order valence-corrected chi connectivity index (χ0v) is 18.9. The van der Waals surface area contributed by atoms with Crippen molar-refractivity contribution >= 4 is 22.6 Å². The van der Waals surface area contributed by atoms with Crippen LogP contribution in [0.3, 0.4) is 0 Å². The Bertz CT molecular complexity index is 1390. The van der Waals surface area contributed by atoms with Gasteiger partial charge >= 0.3 is 5.63 Å². The molecular weight excluding hydrogens is 430 g/mol. The van der Waals surface area contributed by atoms with Crippen molar-refractivity contribution in [1.82, 2.24) is 0 Å². The number of ether oxygens (including phenoxy) is 2. The Hall–Kier alpha value is -4.06. The molecule has 1 aromatic heterocycles. The monoisotopic (exact) mass is 455 g/mol. The standard InChI is InChI=1S/C28H25NO5/c1-18-14-24(27-22-8-5-9-23(22)28(31)34-25(27)15-18)33-17-26(30)29-20-10-12-21(13-11-20)32-16-19-6-3-2-4-7-19/h2-4,6-7,10-15H,5,8-9,16-17H2,1H3,(H,29,30). The summed E-state index contributed by atoms with van der Waals surface area (Å²) in [5, 5.41) is 3.64. The van der Waals surface area contributed by atoms with E-state index in [-0.39, 0.29) is 18.1 Å². The van der Waals surface area contributed by atoms with Gasteiger partial charge in [0, 0.05) is 11.3 Å². The smallest absolute Gasteiger partial charge is 0.339 e. The van der Waals surface area contributed by atoms with Crippen LogP contribution in [-0.2, 0) is 24.2 Å². The van der Waals surface area contributed by atoms with Gasteiger partial charge in [0.05, 0.1) is 5.39 Å². The van der Waals surface area contributed by atoms with Gasteiger partial charge < -0.3 is 19.2 Å². The Morgan fingerprint density at radius 1 is 0.971 bits per heavy atom. The molecule has 6 nitrogen and oxygen atoms in total. The van der Waals surface area contributed by atoms with Crippen LogP contribution in [0.4, 0.5) is 5.69 Å². The Kier molecular flexibility index (Phi) is 6.04. The highest BCUT2D eigenvalue weighted by Gasteiger charge is 2.22. The summed E-state index contributed by atoms with van der Waals surface area (Å²) in [5.41, 5.74) is 4.58. The molecule has 6 heteroatoms. The van der Waals surface area contributed by atoms with Crippen LogP contribution in [0.1, 0.15) is 28.7 Å². The number of anilines is 1. The van der Waals surface area contributed by atoms with Crippen molar-refractivity contribution in [3.05, 3.63) is 99.4 Å². The summed E-state index contributed by atoms with van der Waals surface area (Å²) in [4.78, 5) is 24.8. The first-order valence-corrected chi connectivity index (χ1v) is 11.4. The fourth-order valence-corrected chi connectivity index (χ4v) is 4.33. The Morgan fingerprint density at radius 2 is 1.74 bits per heavy atom. The summed E-state index contributed by atoms with van der Waals surface area (Å²) in [5.74, 6) is 1.01. The molecule has 1 heterocycles. The molecule has 172 valence electrons. The number of hydrogen-bond donors (Lipinski definition) is 1. The maximum atomic E-state index is 12.5. The second kappa shape index (κ2) is 9.43. The first-order chi connectivity index (χ1) is 16.6. The molecule has 0 radical (unpaired) electrons. The van der Waals surface area contributed by atoms with Gasteiger partial charge in [-0.3, -0.25) is 4.79 Å². The molecule has 0 saturated heterocycles. The van der Waals surface area contributed by atoms with E-state index in [1.54, 1.807) is 12.1 Å². The van der Waals surface area contributed by atoms with Gasteiger partial charge in [-0.1, -0.05) is 30.3 Å². The SMILES string of the molecule is Cc1cc(OCC(=O)Nc2ccc(OCc3ccccc3)cc2)c2c3c(c(=O)oc2c1)CCC3. The lowest BCUT2D eigenvalue weighted by molar-refractivity contribution is -0.118. The molecule has 0 bridgehead atoms. The first-order valence-electron chi connectivity index (χ1n) is 11.4. The Morgan fingerprint density at radius 3 is 2.53 bits per heavy atom. The molecule has 1 N–H and O–H groups in total. The van der Waals surface area contributed by atoms with Gasteiger partial charge in [0.15, 0.2) is 6.61 Å². The zero-order chi connectivity index (χ0) is 23.5. The molecule has 0 unspecified atom stereocenters. The van der Waals surface area contributed by atoms with Gasteiger partial charge in [0.2, 0.25) is 0 Å². The lowest BCUT2D eigenvalue weighted by Gasteiger charge is -2.13. The maximum absolute atomic E-state index is 12.5. The van der Waals surface area contributed by atoms with E-state index in [1.165, 1.54) is 0 Å². The number of carbonyl (C=O) groups excluding carboxylic acids is 1. The summed E-state index contributed by atoms with van der Waals surface area (Å²) < 4.78 is 17.2. The molecular formula is C28H25NO5.